The Balaban J connectivity index is 1.79. The molecule has 0 saturated heterocycles. The molecule has 2 aliphatic rings. The Kier molecular flexibility index (Phi) is 2.46. The molecule has 20 heavy (non-hydrogen) atoms. The van der Waals surface area contributed by atoms with Gasteiger partial charge in [0.1, 0.15) is 0 Å². The van der Waals surface area contributed by atoms with Gasteiger partial charge in [-0.3, -0.25) is 4.79 Å². The molecule has 2 aromatic carbocycles. The normalized spacial score (nSPS) is 21.6. The highest BCUT2D eigenvalue weighted by Crippen LogP contribution is 2.57. The van der Waals surface area contributed by atoms with Crippen LogP contribution in [0.1, 0.15) is 52.5 Å². The summed E-state index contributed by atoms with van der Waals surface area (Å²) in [6.07, 6.45) is 2.03. The number of hydrogen-bond donors (Lipinski definition) is 1. The maximum atomic E-state index is 10.8. The largest absolute Gasteiger partial charge is 0.481 e. The van der Waals surface area contributed by atoms with Gasteiger partial charge in [0.25, 0.3) is 0 Å². The molecule has 0 aliphatic heterocycles. The number of rotatable bonds is 3. The number of fused-ring (bicyclic) bond motifs is 8. The Morgan fingerprint density at radius 3 is 2.45 bits per heavy atom. The van der Waals surface area contributed by atoms with Crippen LogP contribution in [0.4, 0.5) is 0 Å². The third kappa shape index (κ3) is 1.54. The van der Waals surface area contributed by atoms with Gasteiger partial charge in [0.2, 0.25) is 0 Å². The van der Waals surface area contributed by atoms with Gasteiger partial charge in [0.15, 0.2) is 0 Å². The van der Waals surface area contributed by atoms with Crippen molar-refractivity contribution in [3.05, 3.63) is 70.3 Å². The minimum absolute atomic E-state index is 0.218. The second-order valence-electron chi connectivity index (χ2n) is 5.78. The van der Waals surface area contributed by atoms with Crippen molar-refractivity contribution in [1.82, 2.24) is 0 Å². The zero-order valence-corrected chi connectivity index (χ0v) is 11.2. The quantitative estimate of drug-likeness (QED) is 0.918. The first kappa shape index (κ1) is 11.7. The standard InChI is InChI=1S/C18H16O2/c19-17(20)9-8-11-4-3-7-14-15-10-16(18(11)14)13-6-2-1-5-12(13)15/h1-7,15-16H,8-10H2,(H,19,20). The Labute approximate surface area is 118 Å². The van der Waals surface area contributed by atoms with Gasteiger partial charge in [-0.2, -0.15) is 0 Å². The summed E-state index contributed by atoms with van der Waals surface area (Å²) in [5.41, 5.74) is 6.99. The van der Waals surface area contributed by atoms with Crippen molar-refractivity contribution in [2.75, 3.05) is 0 Å². The van der Waals surface area contributed by atoms with Crippen molar-refractivity contribution in [2.24, 2.45) is 0 Å². The van der Waals surface area contributed by atoms with Gasteiger partial charge in [-0.25, -0.2) is 0 Å². The van der Waals surface area contributed by atoms with E-state index < -0.39 is 5.97 Å². The van der Waals surface area contributed by atoms with Crippen LogP contribution in [-0.2, 0) is 11.2 Å². The van der Waals surface area contributed by atoms with Gasteiger partial charge in [-0.05, 0) is 40.7 Å². The summed E-state index contributed by atoms with van der Waals surface area (Å²) < 4.78 is 0. The van der Waals surface area contributed by atoms with E-state index in [2.05, 4.69) is 42.5 Å². The highest BCUT2D eigenvalue weighted by molar-refractivity contribution is 5.68. The summed E-state index contributed by atoms with van der Waals surface area (Å²) in [4.78, 5) is 10.8. The lowest BCUT2D eigenvalue weighted by Gasteiger charge is -2.21. The van der Waals surface area contributed by atoms with Gasteiger partial charge in [0, 0.05) is 18.3 Å². The van der Waals surface area contributed by atoms with Crippen LogP contribution in [0.15, 0.2) is 42.5 Å². The van der Waals surface area contributed by atoms with Gasteiger partial charge in [0.05, 0.1) is 0 Å². The molecule has 2 aliphatic carbocycles. The predicted octanol–water partition coefficient (Wildman–Crippen LogP) is 3.68. The Morgan fingerprint density at radius 1 is 1.00 bits per heavy atom. The molecule has 0 radical (unpaired) electrons. The van der Waals surface area contributed by atoms with Crippen molar-refractivity contribution < 1.29 is 9.90 Å². The highest BCUT2D eigenvalue weighted by atomic mass is 16.4. The fraction of sp³-hybridized carbons (Fsp3) is 0.278. The zero-order valence-electron chi connectivity index (χ0n) is 11.2. The summed E-state index contributed by atoms with van der Waals surface area (Å²) in [7, 11) is 0. The third-order valence-corrected chi connectivity index (χ3v) is 4.78. The van der Waals surface area contributed by atoms with E-state index >= 15 is 0 Å². The van der Waals surface area contributed by atoms with Crippen molar-refractivity contribution in [2.45, 2.75) is 31.1 Å². The summed E-state index contributed by atoms with van der Waals surface area (Å²) >= 11 is 0. The molecule has 2 bridgehead atoms. The molecule has 1 N–H and O–H groups in total. The van der Waals surface area contributed by atoms with Crippen molar-refractivity contribution in [1.29, 1.82) is 0 Å². The lowest BCUT2D eigenvalue weighted by atomic mass is 9.83. The van der Waals surface area contributed by atoms with E-state index in [-0.39, 0.29) is 6.42 Å². The molecule has 100 valence electrons. The van der Waals surface area contributed by atoms with Crippen molar-refractivity contribution >= 4 is 5.97 Å². The summed E-state index contributed by atoms with van der Waals surface area (Å²) in [5, 5.41) is 8.91. The smallest absolute Gasteiger partial charge is 0.303 e. The van der Waals surface area contributed by atoms with Gasteiger partial charge in [-0.1, -0.05) is 42.5 Å². The second-order valence-corrected chi connectivity index (χ2v) is 5.78. The molecule has 0 heterocycles. The monoisotopic (exact) mass is 264 g/mol. The zero-order chi connectivity index (χ0) is 13.7. The number of hydrogen-bond acceptors (Lipinski definition) is 1. The molecule has 2 aromatic rings. The summed E-state index contributed by atoms with van der Waals surface area (Å²) in [5.74, 6) is 0.290. The van der Waals surface area contributed by atoms with Gasteiger partial charge >= 0.3 is 5.97 Å². The fourth-order valence-electron chi connectivity index (χ4n) is 4.02. The molecule has 0 aromatic heterocycles. The Morgan fingerprint density at radius 2 is 1.70 bits per heavy atom. The van der Waals surface area contributed by atoms with Crippen LogP contribution in [0.3, 0.4) is 0 Å². The highest BCUT2D eigenvalue weighted by Gasteiger charge is 2.41. The number of carboxylic acid groups (broad SMARTS) is 1. The molecule has 0 amide bonds. The lowest BCUT2D eigenvalue weighted by molar-refractivity contribution is -0.136. The minimum atomic E-state index is -0.717. The van der Waals surface area contributed by atoms with Crippen LogP contribution in [0.25, 0.3) is 0 Å². The number of aliphatic carboxylic acids is 1. The second kappa shape index (κ2) is 4.20. The van der Waals surface area contributed by atoms with E-state index in [4.69, 9.17) is 5.11 Å². The maximum absolute atomic E-state index is 10.8. The molecule has 2 unspecified atom stereocenters. The van der Waals surface area contributed by atoms with Crippen molar-refractivity contribution in [3.63, 3.8) is 0 Å². The SMILES string of the molecule is O=C(O)CCc1cccc2c1C1CC2c2ccccc21. The lowest BCUT2D eigenvalue weighted by Crippen LogP contribution is -2.07. The number of aryl methyl sites for hydroxylation is 1. The molecule has 2 heteroatoms. The molecule has 0 saturated carbocycles. The van der Waals surface area contributed by atoms with Crippen LogP contribution in [0.2, 0.25) is 0 Å². The van der Waals surface area contributed by atoms with E-state index in [1.807, 2.05) is 0 Å². The molecule has 0 fully saturated rings. The first-order valence-corrected chi connectivity index (χ1v) is 7.18. The maximum Gasteiger partial charge on any atom is 0.303 e. The fourth-order valence-corrected chi connectivity index (χ4v) is 4.02. The Bertz CT molecular complexity index is 702. The van der Waals surface area contributed by atoms with Crippen LogP contribution in [-0.4, -0.2) is 11.1 Å². The van der Waals surface area contributed by atoms with Gasteiger partial charge in [-0.15, -0.1) is 0 Å². The topological polar surface area (TPSA) is 37.3 Å². The summed E-state index contributed by atoms with van der Waals surface area (Å²) in [6, 6.07) is 15.1. The van der Waals surface area contributed by atoms with E-state index in [1.54, 1.807) is 0 Å². The first-order chi connectivity index (χ1) is 9.75. The van der Waals surface area contributed by atoms with Crippen LogP contribution in [0, 0.1) is 0 Å². The molecule has 2 atom stereocenters. The average molecular weight is 264 g/mol. The predicted molar refractivity (Wildman–Crippen MR) is 77.1 cm³/mol. The number of carbonyl (C=O) groups is 1. The molecule has 4 rings (SSSR count). The van der Waals surface area contributed by atoms with Crippen LogP contribution in [0.5, 0.6) is 0 Å². The Hall–Kier alpha value is -2.09. The van der Waals surface area contributed by atoms with Crippen molar-refractivity contribution in [3.8, 4) is 0 Å². The molecule has 2 nitrogen and oxygen atoms in total. The minimum Gasteiger partial charge on any atom is -0.481 e. The first-order valence-electron chi connectivity index (χ1n) is 7.18. The van der Waals surface area contributed by atoms with E-state index in [0.29, 0.717) is 18.3 Å². The number of benzene rings is 2. The van der Waals surface area contributed by atoms with E-state index in [0.717, 1.165) is 0 Å². The van der Waals surface area contributed by atoms with Crippen LogP contribution >= 0.6 is 0 Å². The number of carboxylic acids is 1. The van der Waals surface area contributed by atoms with Gasteiger partial charge < -0.3 is 5.11 Å². The van der Waals surface area contributed by atoms with E-state index in [9.17, 15) is 4.79 Å². The average Bonchev–Trinajstić information content (AvgIpc) is 3.02. The third-order valence-electron chi connectivity index (χ3n) is 4.78. The molecule has 0 spiro atoms. The van der Waals surface area contributed by atoms with E-state index in [1.165, 1.54) is 34.2 Å². The van der Waals surface area contributed by atoms with Crippen LogP contribution < -0.4 is 0 Å². The summed E-state index contributed by atoms with van der Waals surface area (Å²) in [6.45, 7) is 0. The molecular weight excluding hydrogens is 248 g/mol. The molecular formula is C18H16O2.